The van der Waals surface area contributed by atoms with Gasteiger partial charge >= 0.3 is 0 Å². The largest absolute Gasteiger partial charge is 0.341 e. The minimum Gasteiger partial charge on any atom is -0.341 e. The van der Waals surface area contributed by atoms with Crippen LogP contribution in [0, 0.1) is 0 Å². The van der Waals surface area contributed by atoms with Gasteiger partial charge in [-0.25, -0.2) is 9.97 Å². The molecule has 1 unspecified atom stereocenters. The fourth-order valence-electron chi connectivity index (χ4n) is 4.84. The first-order valence-corrected chi connectivity index (χ1v) is 11.6. The highest BCUT2D eigenvalue weighted by Gasteiger charge is 2.20. The molecular formula is C26H28N6. The normalized spacial score (nSPS) is 20.8. The van der Waals surface area contributed by atoms with Crippen LogP contribution in [0.25, 0.3) is 33.6 Å². The molecule has 2 saturated heterocycles. The lowest BCUT2D eigenvalue weighted by Crippen LogP contribution is -2.14. The Bertz CT molecular complexity index is 1080. The summed E-state index contributed by atoms with van der Waals surface area (Å²) < 4.78 is 0. The molecule has 2 aromatic heterocycles. The monoisotopic (exact) mass is 424 g/mol. The van der Waals surface area contributed by atoms with Crippen molar-refractivity contribution in [3.05, 3.63) is 72.6 Å². The molecule has 6 nitrogen and oxygen atoms in total. The molecule has 2 aliphatic heterocycles. The minimum absolute atomic E-state index is 0.363. The van der Waals surface area contributed by atoms with E-state index in [0.717, 1.165) is 60.1 Å². The Labute approximate surface area is 187 Å². The number of aromatic amines is 2. The predicted octanol–water partition coefficient (Wildman–Crippen LogP) is 4.98. The molecule has 4 heterocycles. The van der Waals surface area contributed by atoms with Gasteiger partial charge in [-0.3, -0.25) is 0 Å². The summed E-state index contributed by atoms with van der Waals surface area (Å²) in [6.45, 7) is 2.15. The number of hydrogen-bond acceptors (Lipinski definition) is 4. The number of hydrogen-bond donors (Lipinski definition) is 4. The molecule has 2 fully saturated rings. The van der Waals surface area contributed by atoms with Gasteiger partial charge in [-0.05, 0) is 61.0 Å². The average Bonchev–Trinajstić information content (AvgIpc) is 3.66. The molecule has 0 saturated carbocycles. The fourth-order valence-corrected chi connectivity index (χ4v) is 4.84. The van der Waals surface area contributed by atoms with Crippen LogP contribution in [0.5, 0.6) is 0 Å². The van der Waals surface area contributed by atoms with Crippen LogP contribution in [-0.4, -0.2) is 33.0 Å². The summed E-state index contributed by atoms with van der Waals surface area (Å²) in [4.78, 5) is 16.2. The Morgan fingerprint density at radius 3 is 1.34 bits per heavy atom. The van der Waals surface area contributed by atoms with Gasteiger partial charge in [0.15, 0.2) is 0 Å². The molecule has 2 atom stereocenters. The molecule has 0 spiro atoms. The van der Waals surface area contributed by atoms with Crippen LogP contribution in [0.4, 0.5) is 0 Å². The number of nitrogens with one attached hydrogen (secondary N) is 4. The molecule has 6 heteroatoms. The van der Waals surface area contributed by atoms with Gasteiger partial charge in [0, 0.05) is 0 Å². The second-order valence-corrected chi connectivity index (χ2v) is 8.82. The molecule has 0 aliphatic carbocycles. The smallest absolute Gasteiger partial charge is 0.123 e. The summed E-state index contributed by atoms with van der Waals surface area (Å²) in [5.41, 5.74) is 6.88. The number of aromatic nitrogens is 4. The maximum absolute atomic E-state index is 4.59. The lowest BCUT2D eigenvalue weighted by Gasteiger charge is -2.07. The maximum Gasteiger partial charge on any atom is 0.123 e. The first-order chi connectivity index (χ1) is 15.8. The van der Waals surface area contributed by atoms with Crippen molar-refractivity contribution < 1.29 is 0 Å². The Morgan fingerprint density at radius 1 is 0.562 bits per heavy atom. The predicted molar refractivity (Wildman–Crippen MR) is 127 cm³/mol. The zero-order valence-electron chi connectivity index (χ0n) is 18.1. The maximum atomic E-state index is 4.59. The van der Waals surface area contributed by atoms with Gasteiger partial charge in [0.1, 0.15) is 11.6 Å². The second-order valence-electron chi connectivity index (χ2n) is 8.82. The molecule has 6 rings (SSSR count). The summed E-state index contributed by atoms with van der Waals surface area (Å²) in [7, 11) is 0. The number of benzene rings is 2. The Morgan fingerprint density at radius 2 is 0.969 bits per heavy atom. The van der Waals surface area contributed by atoms with Gasteiger partial charge in [-0.1, -0.05) is 48.5 Å². The Balaban J connectivity index is 1.17. The Hall–Kier alpha value is -3.22. The topological polar surface area (TPSA) is 81.4 Å². The van der Waals surface area contributed by atoms with Crippen LogP contribution in [-0.2, 0) is 0 Å². The average molecular weight is 425 g/mol. The molecule has 4 N–H and O–H groups in total. The van der Waals surface area contributed by atoms with Crippen LogP contribution in [0.1, 0.15) is 49.4 Å². The molecule has 4 aromatic rings. The molecule has 2 aromatic carbocycles. The van der Waals surface area contributed by atoms with Crippen molar-refractivity contribution in [1.82, 2.24) is 30.6 Å². The third-order valence-electron chi connectivity index (χ3n) is 6.70. The molecule has 0 bridgehead atoms. The van der Waals surface area contributed by atoms with E-state index < -0.39 is 0 Å². The van der Waals surface area contributed by atoms with E-state index in [1.807, 2.05) is 12.4 Å². The second kappa shape index (κ2) is 8.37. The standard InChI is InChI=1S/C26H28N6/c1-3-21(27-13-1)25-29-15-23(31-25)19-9-5-17(6-10-19)18-7-11-20(12-8-18)24-16-30-26(32-24)22-4-2-14-28-22/h5-12,15-16,21-22,27-28H,1-4,13-14H2,(H,29,31)(H,30,32)/t21-,22?/m0/s1. The molecule has 0 radical (unpaired) electrons. The highest BCUT2D eigenvalue weighted by atomic mass is 15.0. The van der Waals surface area contributed by atoms with Gasteiger partial charge < -0.3 is 20.6 Å². The molecule has 0 amide bonds. The van der Waals surface area contributed by atoms with Crippen molar-refractivity contribution in [2.24, 2.45) is 0 Å². The van der Waals surface area contributed by atoms with Crippen LogP contribution in [0.2, 0.25) is 0 Å². The van der Waals surface area contributed by atoms with Crippen molar-refractivity contribution in [3.63, 3.8) is 0 Å². The van der Waals surface area contributed by atoms with E-state index >= 15 is 0 Å². The van der Waals surface area contributed by atoms with E-state index in [-0.39, 0.29) is 0 Å². The summed E-state index contributed by atoms with van der Waals surface area (Å²) in [5, 5.41) is 6.99. The number of rotatable bonds is 5. The van der Waals surface area contributed by atoms with Crippen LogP contribution >= 0.6 is 0 Å². The highest BCUT2D eigenvalue weighted by Crippen LogP contribution is 2.29. The van der Waals surface area contributed by atoms with Crippen LogP contribution in [0.3, 0.4) is 0 Å². The Kier molecular flexibility index (Phi) is 5.09. The fraction of sp³-hybridized carbons (Fsp3) is 0.308. The summed E-state index contributed by atoms with van der Waals surface area (Å²) >= 11 is 0. The van der Waals surface area contributed by atoms with Crippen LogP contribution in [0.15, 0.2) is 60.9 Å². The van der Waals surface area contributed by atoms with Crippen molar-refractivity contribution in [3.8, 4) is 33.6 Å². The molecular weight excluding hydrogens is 396 g/mol. The van der Waals surface area contributed by atoms with E-state index in [4.69, 9.17) is 0 Å². The van der Waals surface area contributed by atoms with Gasteiger partial charge in [-0.2, -0.15) is 0 Å². The zero-order valence-corrected chi connectivity index (χ0v) is 18.1. The third kappa shape index (κ3) is 3.76. The number of H-pyrrole nitrogens is 2. The van der Waals surface area contributed by atoms with Gasteiger partial charge in [-0.15, -0.1) is 0 Å². The number of imidazole rings is 2. The quantitative estimate of drug-likeness (QED) is 0.364. The van der Waals surface area contributed by atoms with Crippen molar-refractivity contribution >= 4 is 0 Å². The zero-order chi connectivity index (χ0) is 21.3. The van der Waals surface area contributed by atoms with Gasteiger partial charge in [0.2, 0.25) is 0 Å². The van der Waals surface area contributed by atoms with Crippen molar-refractivity contribution in [2.75, 3.05) is 13.1 Å². The highest BCUT2D eigenvalue weighted by molar-refractivity contribution is 5.71. The van der Waals surface area contributed by atoms with Crippen molar-refractivity contribution in [1.29, 1.82) is 0 Å². The van der Waals surface area contributed by atoms with E-state index in [2.05, 4.69) is 79.1 Å². The van der Waals surface area contributed by atoms with Gasteiger partial charge in [0.05, 0.1) is 35.9 Å². The van der Waals surface area contributed by atoms with Crippen molar-refractivity contribution in [2.45, 2.75) is 37.8 Å². The lowest BCUT2D eigenvalue weighted by molar-refractivity contribution is 0.613. The van der Waals surface area contributed by atoms with E-state index in [9.17, 15) is 0 Å². The molecule has 32 heavy (non-hydrogen) atoms. The van der Waals surface area contributed by atoms with E-state index in [0.29, 0.717) is 12.1 Å². The summed E-state index contributed by atoms with van der Waals surface area (Å²) in [6.07, 6.45) is 8.62. The first-order valence-electron chi connectivity index (χ1n) is 11.6. The van der Waals surface area contributed by atoms with Crippen LogP contribution < -0.4 is 10.6 Å². The lowest BCUT2D eigenvalue weighted by atomic mass is 10.0. The van der Waals surface area contributed by atoms with E-state index in [1.54, 1.807) is 0 Å². The first kappa shape index (κ1) is 19.5. The summed E-state index contributed by atoms with van der Waals surface area (Å²) in [6, 6.07) is 18.1. The third-order valence-corrected chi connectivity index (χ3v) is 6.70. The minimum atomic E-state index is 0.363. The molecule has 162 valence electrons. The summed E-state index contributed by atoms with van der Waals surface area (Å²) in [5.74, 6) is 2.09. The number of nitrogens with zero attached hydrogens (tertiary/aromatic N) is 2. The molecule has 2 aliphatic rings. The SMILES string of the molecule is c1cc(-c2cnc(C3CCCN3)[nH]2)ccc1-c1ccc(-c2cnc([C@@H]3CCCN3)[nH]2)cc1. The van der Waals surface area contributed by atoms with E-state index in [1.165, 1.54) is 24.0 Å². The van der Waals surface area contributed by atoms with Gasteiger partial charge in [0.25, 0.3) is 0 Å².